The van der Waals surface area contributed by atoms with Gasteiger partial charge in [-0.25, -0.2) is 8.42 Å². The van der Waals surface area contributed by atoms with Gasteiger partial charge in [-0.2, -0.15) is 0 Å². The smallest absolute Gasteiger partial charge is 0.261 e. The number of hydrogen-bond donors (Lipinski definition) is 2. The number of sulfonamides is 1. The van der Waals surface area contributed by atoms with E-state index in [0.29, 0.717) is 34.9 Å². The SMILES string of the molecule is Cc1ccc(S(=O)(=O)Nc2ccc(C(=O)NCC3COc4ccccc4O3)cc2C)cc1. The van der Waals surface area contributed by atoms with Crippen molar-refractivity contribution < 1.29 is 22.7 Å². The van der Waals surface area contributed by atoms with E-state index in [1.807, 2.05) is 31.2 Å². The minimum absolute atomic E-state index is 0.181. The van der Waals surface area contributed by atoms with Crippen LogP contribution in [0, 0.1) is 13.8 Å². The zero-order chi connectivity index (χ0) is 22.7. The van der Waals surface area contributed by atoms with Gasteiger partial charge in [-0.1, -0.05) is 29.8 Å². The number of amides is 1. The third kappa shape index (κ3) is 4.86. The molecule has 3 aromatic rings. The molecule has 1 unspecified atom stereocenters. The zero-order valence-corrected chi connectivity index (χ0v) is 18.6. The first-order valence-corrected chi connectivity index (χ1v) is 11.7. The van der Waals surface area contributed by atoms with E-state index in [1.165, 1.54) is 0 Å². The molecule has 0 aromatic heterocycles. The van der Waals surface area contributed by atoms with E-state index in [4.69, 9.17) is 9.47 Å². The summed E-state index contributed by atoms with van der Waals surface area (Å²) in [7, 11) is -3.72. The molecule has 4 rings (SSSR count). The van der Waals surface area contributed by atoms with Gasteiger partial charge in [-0.15, -0.1) is 0 Å². The largest absolute Gasteiger partial charge is 0.486 e. The standard InChI is InChI=1S/C24H24N2O5S/c1-16-7-10-20(11-8-16)32(28,29)26-21-12-9-18(13-17(21)2)24(27)25-14-19-15-30-22-5-3-4-6-23(22)31-19/h3-13,19,26H,14-15H2,1-2H3,(H,25,27). The lowest BCUT2D eigenvalue weighted by atomic mass is 10.1. The highest BCUT2D eigenvalue weighted by atomic mass is 32.2. The van der Waals surface area contributed by atoms with Gasteiger partial charge in [-0.3, -0.25) is 9.52 Å². The second-order valence-corrected chi connectivity index (χ2v) is 9.34. The topological polar surface area (TPSA) is 93.7 Å². The summed E-state index contributed by atoms with van der Waals surface area (Å²) in [4.78, 5) is 12.8. The first-order valence-electron chi connectivity index (χ1n) is 10.2. The van der Waals surface area contributed by atoms with Crippen LogP contribution in [0.3, 0.4) is 0 Å². The normalized spacial score (nSPS) is 15.1. The van der Waals surface area contributed by atoms with E-state index in [1.54, 1.807) is 49.4 Å². The number of aryl methyl sites for hydroxylation is 2. The van der Waals surface area contributed by atoms with Gasteiger partial charge in [0.1, 0.15) is 12.7 Å². The van der Waals surface area contributed by atoms with Crippen LogP contribution >= 0.6 is 0 Å². The van der Waals surface area contributed by atoms with E-state index >= 15 is 0 Å². The lowest BCUT2D eigenvalue weighted by molar-refractivity contribution is 0.0789. The van der Waals surface area contributed by atoms with Crippen molar-refractivity contribution in [1.82, 2.24) is 5.32 Å². The maximum absolute atomic E-state index is 12.6. The van der Waals surface area contributed by atoms with Crippen molar-refractivity contribution in [1.29, 1.82) is 0 Å². The minimum Gasteiger partial charge on any atom is -0.486 e. The second kappa shape index (κ2) is 8.92. The first kappa shape index (κ1) is 21.7. The van der Waals surface area contributed by atoms with Crippen LogP contribution in [-0.2, 0) is 10.0 Å². The number of nitrogens with one attached hydrogen (secondary N) is 2. The van der Waals surface area contributed by atoms with Crippen molar-refractivity contribution in [3.8, 4) is 11.5 Å². The minimum atomic E-state index is -3.72. The Morgan fingerprint density at radius 1 is 1.00 bits per heavy atom. The highest BCUT2D eigenvalue weighted by Crippen LogP contribution is 2.30. The summed E-state index contributed by atoms with van der Waals surface area (Å²) in [5, 5.41) is 2.84. The molecule has 0 aliphatic carbocycles. The van der Waals surface area contributed by atoms with E-state index in [0.717, 1.165) is 5.56 Å². The number of ether oxygens (including phenoxy) is 2. The van der Waals surface area contributed by atoms with Gasteiger partial charge in [0.25, 0.3) is 15.9 Å². The molecule has 0 saturated carbocycles. The molecule has 1 amide bonds. The van der Waals surface area contributed by atoms with Crippen molar-refractivity contribution in [2.75, 3.05) is 17.9 Å². The summed E-state index contributed by atoms with van der Waals surface area (Å²) in [6.45, 7) is 4.27. The van der Waals surface area contributed by atoms with Gasteiger partial charge >= 0.3 is 0 Å². The number of hydrogen-bond acceptors (Lipinski definition) is 5. The van der Waals surface area contributed by atoms with Crippen LogP contribution in [-0.4, -0.2) is 33.6 Å². The quantitative estimate of drug-likeness (QED) is 0.595. The van der Waals surface area contributed by atoms with Crippen LogP contribution < -0.4 is 19.5 Å². The van der Waals surface area contributed by atoms with Crippen molar-refractivity contribution in [2.45, 2.75) is 24.8 Å². The molecule has 0 spiro atoms. The van der Waals surface area contributed by atoms with Crippen molar-refractivity contribution >= 4 is 21.6 Å². The molecular weight excluding hydrogens is 428 g/mol. The number of para-hydroxylation sites is 2. The van der Waals surface area contributed by atoms with Crippen molar-refractivity contribution in [3.63, 3.8) is 0 Å². The molecule has 0 saturated heterocycles. The summed E-state index contributed by atoms with van der Waals surface area (Å²) >= 11 is 0. The molecule has 32 heavy (non-hydrogen) atoms. The number of fused-ring (bicyclic) bond motifs is 1. The fraction of sp³-hybridized carbons (Fsp3) is 0.208. The van der Waals surface area contributed by atoms with Crippen LogP contribution in [0.25, 0.3) is 0 Å². The summed E-state index contributed by atoms with van der Waals surface area (Å²) in [5.74, 6) is 1.07. The van der Waals surface area contributed by atoms with Gasteiger partial charge in [0.2, 0.25) is 0 Å². The number of carbonyl (C=O) groups excluding carboxylic acids is 1. The van der Waals surface area contributed by atoms with E-state index in [-0.39, 0.29) is 23.5 Å². The number of rotatable bonds is 6. The summed E-state index contributed by atoms with van der Waals surface area (Å²) in [6.07, 6.45) is -0.296. The summed E-state index contributed by atoms with van der Waals surface area (Å²) in [5.41, 5.74) is 2.46. The predicted molar refractivity (Wildman–Crippen MR) is 122 cm³/mol. The van der Waals surface area contributed by atoms with Crippen LogP contribution in [0.4, 0.5) is 5.69 Å². The average Bonchev–Trinajstić information content (AvgIpc) is 2.79. The number of anilines is 1. The Labute approximate surface area is 187 Å². The number of carbonyl (C=O) groups is 1. The molecular formula is C24H24N2O5S. The maximum atomic E-state index is 12.6. The van der Waals surface area contributed by atoms with E-state index < -0.39 is 10.0 Å². The molecule has 166 valence electrons. The van der Waals surface area contributed by atoms with E-state index in [2.05, 4.69) is 10.0 Å². The highest BCUT2D eigenvalue weighted by molar-refractivity contribution is 7.92. The van der Waals surface area contributed by atoms with Crippen LogP contribution in [0.15, 0.2) is 71.6 Å². The number of benzene rings is 3. The Hall–Kier alpha value is -3.52. The third-order valence-corrected chi connectivity index (χ3v) is 6.50. The molecule has 0 radical (unpaired) electrons. The molecule has 0 fully saturated rings. The fourth-order valence-electron chi connectivity index (χ4n) is 3.31. The Kier molecular flexibility index (Phi) is 6.05. The average molecular weight is 453 g/mol. The van der Waals surface area contributed by atoms with Gasteiger partial charge in [0.15, 0.2) is 11.5 Å². The zero-order valence-electron chi connectivity index (χ0n) is 17.8. The van der Waals surface area contributed by atoms with Crippen LogP contribution in [0.2, 0.25) is 0 Å². The third-order valence-electron chi connectivity index (χ3n) is 5.12. The Morgan fingerprint density at radius 3 is 2.44 bits per heavy atom. The lowest BCUT2D eigenvalue weighted by Gasteiger charge is -2.26. The molecule has 1 heterocycles. The monoisotopic (exact) mass is 452 g/mol. The first-order chi connectivity index (χ1) is 15.3. The van der Waals surface area contributed by atoms with Crippen LogP contribution in [0.5, 0.6) is 11.5 Å². The second-order valence-electron chi connectivity index (χ2n) is 7.66. The van der Waals surface area contributed by atoms with Crippen molar-refractivity contribution in [2.24, 2.45) is 0 Å². The Morgan fingerprint density at radius 2 is 1.72 bits per heavy atom. The molecule has 3 aromatic carbocycles. The van der Waals surface area contributed by atoms with Gasteiger partial charge in [0, 0.05) is 5.56 Å². The van der Waals surface area contributed by atoms with Gasteiger partial charge in [0.05, 0.1) is 17.1 Å². The predicted octanol–water partition coefficient (Wildman–Crippen LogP) is 3.67. The van der Waals surface area contributed by atoms with E-state index in [9.17, 15) is 13.2 Å². The maximum Gasteiger partial charge on any atom is 0.261 e. The van der Waals surface area contributed by atoms with Crippen molar-refractivity contribution in [3.05, 3.63) is 83.4 Å². The van der Waals surface area contributed by atoms with Gasteiger partial charge in [-0.05, 0) is 61.9 Å². The summed E-state index contributed by atoms with van der Waals surface area (Å²) < 4.78 is 39.4. The molecule has 1 aliphatic heterocycles. The molecule has 1 aliphatic rings. The molecule has 1 atom stereocenters. The molecule has 8 heteroatoms. The molecule has 0 bridgehead atoms. The van der Waals surface area contributed by atoms with Crippen LogP contribution in [0.1, 0.15) is 21.5 Å². The Bertz CT molecular complexity index is 1240. The van der Waals surface area contributed by atoms with Gasteiger partial charge < -0.3 is 14.8 Å². The Balaban J connectivity index is 1.38. The molecule has 2 N–H and O–H groups in total. The highest BCUT2D eigenvalue weighted by Gasteiger charge is 2.22. The fourth-order valence-corrected chi connectivity index (χ4v) is 4.44. The summed E-state index contributed by atoms with van der Waals surface area (Å²) in [6, 6.07) is 18.8. The molecule has 7 nitrogen and oxygen atoms in total. The lowest BCUT2D eigenvalue weighted by Crippen LogP contribution is -2.40.